The Kier molecular flexibility index (Phi) is 8.26. The Bertz CT molecular complexity index is 120. The molecule has 14 heavy (non-hydrogen) atoms. The second-order valence-electron chi connectivity index (χ2n) is 4.92. The van der Waals surface area contributed by atoms with Gasteiger partial charge in [-0.1, -0.05) is 47.0 Å². The summed E-state index contributed by atoms with van der Waals surface area (Å²) in [7, 11) is 2.07. The van der Waals surface area contributed by atoms with E-state index in [-0.39, 0.29) is 0 Å². The van der Waals surface area contributed by atoms with Gasteiger partial charge in [-0.2, -0.15) is 0 Å². The minimum Gasteiger partial charge on any atom is -0.319 e. The summed E-state index contributed by atoms with van der Waals surface area (Å²) in [4.78, 5) is 0. The van der Waals surface area contributed by atoms with Crippen molar-refractivity contribution in [2.75, 3.05) is 13.6 Å². The Morgan fingerprint density at radius 3 is 2.14 bits per heavy atom. The molecule has 0 aromatic rings. The molecule has 0 aliphatic rings. The molecular weight excluding hydrogens is 170 g/mol. The van der Waals surface area contributed by atoms with Crippen LogP contribution in [-0.4, -0.2) is 13.6 Å². The number of nitrogens with one attached hydrogen (secondary N) is 1. The van der Waals surface area contributed by atoms with Crippen molar-refractivity contribution in [1.29, 1.82) is 0 Å². The summed E-state index contributed by atoms with van der Waals surface area (Å²) >= 11 is 0. The number of rotatable bonds is 8. The van der Waals surface area contributed by atoms with Gasteiger partial charge in [0, 0.05) is 0 Å². The molecule has 0 bridgehead atoms. The fourth-order valence-electron chi connectivity index (χ4n) is 2.01. The van der Waals surface area contributed by atoms with Crippen LogP contribution < -0.4 is 5.32 Å². The molecule has 86 valence electrons. The molecule has 2 atom stereocenters. The maximum absolute atomic E-state index is 3.33. The predicted octanol–water partition coefficient (Wildman–Crippen LogP) is 3.69. The quantitative estimate of drug-likeness (QED) is 0.588. The van der Waals surface area contributed by atoms with Gasteiger partial charge in [0.2, 0.25) is 0 Å². The molecule has 0 spiro atoms. The average Bonchev–Trinajstić information content (AvgIpc) is 2.15. The highest BCUT2D eigenvalue weighted by atomic mass is 14.8. The molecule has 1 heteroatoms. The maximum atomic E-state index is 3.33. The minimum atomic E-state index is 0.815. The highest BCUT2D eigenvalue weighted by Crippen LogP contribution is 2.24. The molecule has 0 heterocycles. The highest BCUT2D eigenvalue weighted by Gasteiger charge is 2.18. The number of hydrogen-bond donors (Lipinski definition) is 1. The molecule has 0 aliphatic carbocycles. The molecule has 0 rings (SSSR count). The van der Waals surface area contributed by atoms with Crippen molar-refractivity contribution in [3.8, 4) is 0 Å². The first-order valence-electron chi connectivity index (χ1n) is 6.28. The van der Waals surface area contributed by atoms with Crippen LogP contribution in [0.3, 0.4) is 0 Å². The number of unbranched alkanes of at least 4 members (excludes halogenated alkanes) is 2. The van der Waals surface area contributed by atoms with Crippen molar-refractivity contribution < 1.29 is 0 Å². The van der Waals surface area contributed by atoms with Gasteiger partial charge < -0.3 is 5.32 Å². The fourth-order valence-corrected chi connectivity index (χ4v) is 2.01. The van der Waals surface area contributed by atoms with E-state index in [1.54, 1.807) is 0 Å². The van der Waals surface area contributed by atoms with Crippen LogP contribution in [0.1, 0.15) is 53.4 Å². The normalized spacial score (nSPS) is 15.9. The van der Waals surface area contributed by atoms with Crippen molar-refractivity contribution in [3.05, 3.63) is 0 Å². The van der Waals surface area contributed by atoms with E-state index in [2.05, 4.69) is 40.1 Å². The van der Waals surface area contributed by atoms with Crippen molar-refractivity contribution in [3.63, 3.8) is 0 Å². The van der Waals surface area contributed by atoms with Gasteiger partial charge in [-0.15, -0.1) is 0 Å². The summed E-state index contributed by atoms with van der Waals surface area (Å²) in [5.41, 5.74) is 0. The van der Waals surface area contributed by atoms with E-state index in [9.17, 15) is 0 Å². The topological polar surface area (TPSA) is 12.0 Å². The lowest BCUT2D eigenvalue weighted by Gasteiger charge is -2.26. The zero-order valence-electron chi connectivity index (χ0n) is 10.8. The lowest BCUT2D eigenvalue weighted by molar-refractivity contribution is 0.252. The van der Waals surface area contributed by atoms with E-state index in [1.807, 2.05) is 0 Å². The minimum absolute atomic E-state index is 0.815. The lowest BCUT2D eigenvalue weighted by Crippen LogP contribution is -2.27. The average molecular weight is 199 g/mol. The Labute approximate surface area is 90.7 Å². The zero-order valence-corrected chi connectivity index (χ0v) is 10.8. The van der Waals surface area contributed by atoms with Crippen LogP contribution in [0.25, 0.3) is 0 Å². The molecule has 0 radical (unpaired) electrons. The van der Waals surface area contributed by atoms with Gasteiger partial charge in [-0.25, -0.2) is 0 Å². The summed E-state index contributed by atoms with van der Waals surface area (Å²) in [6.07, 6.45) is 5.53. The van der Waals surface area contributed by atoms with E-state index in [0.717, 1.165) is 17.8 Å². The second kappa shape index (κ2) is 8.28. The predicted molar refractivity (Wildman–Crippen MR) is 65.6 cm³/mol. The van der Waals surface area contributed by atoms with E-state index < -0.39 is 0 Å². The third-order valence-corrected chi connectivity index (χ3v) is 3.44. The van der Waals surface area contributed by atoms with Crippen molar-refractivity contribution >= 4 is 0 Å². The van der Waals surface area contributed by atoms with Crippen LogP contribution in [-0.2, 0) is 0 Å². The SMILES string of the molecule is CCCCCC(CNC)C(C)C(C)C. The zero-order chi connectivity index (χ0) is 11.0. The van der Waals surface area contributed by atoms with Gasteiger partial charge in [0.15, 0.2) is 0 Å². The molecule has 1 N–H and O–H groups in total. The van der Waals surface area contributed by atoms with Gasteiger partial charge in [0.1, 0.15) is 0 Å². The summed E-state index contributed by atoms with van der Waals surface area (Å²) in [5.74, 6) is 2.53. The van der Waals surface area contributed by atoms with Gasteiger partial charge in [-0.05, 0) is 37.8 Å². The van der Waals surface area contributed by atoms with Crippen LogP contribution in [0.4, 0.5) is 0 Å². The van der Waals surface area contributed by atoms with Crippen LogP contribution in [0.15, 0.2) is 0 Å². The lowest BCUT2D eigenvalue weighted by atomic mass is 9.82. The van der Waals surface area contributed by atoms with Crippen molar-refractivity contribution in [1.82, 2.24) is 5.32 Å². The van der Waals surface area contributed by atoms with Gasteiger partial charge in [0.05, 0.1) is 0 Å². The summed E-state index contributed by atoms with van der Waals surface area (Å²) in [6.45, 7) is 10.5. The molecular formula is C13H29N. The number of hydrogen-bond acceptors (Lipinski definition) is 1. The first kappa shape index (κ1) is 14.0. The van der Waals surface area contributed by atoms with E-state index in [0.29, 0.717) is 0 Å². The Morgan fingerprint density at radius 2 is 1.71 bits per heavy atom. The van der Waals surface area contributed by atoms with Crippen molar-refractivity contribution in [2.45, 2.75) is 53.4 Å². The van der Waals surface area contributed by atoms with Crippen LogP contribution in [0.2, 0.25) is 0 Å². The second-order valence-corrected chi connectivity index (χ2v) is 4.92. The smallest absolute Gasteiger partial charge is 0.00209 e. The summed E-state index contributed by atoms with van der Waals surface area (Å²) in [6, 6.07) is 0. The standard InChI is InChI=1S/C13H29N/c1-6-7-8-9-13(10-14-5)12(4)11(2)3/h11-14H,6-10H2,1-5H3. The van der Waals surface area contributed by atoms with Gasteiger partial charge in [-0.3, -0.25) is 0 Å². The molecule has 0 saturated heterocycles. The maximum Gasteiger partial charge on any atom is -0.00209 e. The summed E-state index contributed by atoms with van der Waals surface area (Å²) < 4.78 is 0. The Balaban J connectivity index is 3.87. The van der Waals surface area contributed by atoms with Gasteiger partial charge in [0.25, 0.3) is 0 Å². The molecule has 1 nitrogen and oxygen atoms in total. The van der Waals surface area contributed by atoms with Crippen LogP contribution >= 0.6 is 0 Å². The molecule has 0 aromatic carbocycles. The molecule has 0 amide bonds. The first-order valence-corrected chi connectivity index (χ1v) is 6.28. The monoisotopic (exact) mass is 199 g/mol. The Hall–Kier alpha value is -0.0400. The van der Waals surface area contributed by atoms with E-state index in [1.165, 1.54) is 32.2 Å². The Morgan fingerprint density at radius 1 is 1.07 bits per heavy atom. The molecule has 0 aliphatic heterocycles. The van der Waals surface area contributed by atoms with Crippen LogP contribution in [0, 0.1) is 17.8 Å². The fraction of sp³-hybridized carbons (Fsp3) is 1.00. The molecule has 0 aromatic heterocycles. The highest BCUT2D eigenvalue weighted by molar-refractivity contribution is 4.71. The largest absolute Gasteiger partial charge is 0.319 e. The first-order chi connectivity index (χ1) is 6.63. The van der Waals surface area contributed by atoms with E-state index in [4.69, 9.17) is 0 Å². The van der Waals surface area contributed by atoms with Crippen molar-refractivity contribution in [2.24, 2.45) is 17.8 Å². The third kappa shape index (κ3) is 5.64. The molecule has 0 fully saturated rings. The molecule has 0 saturated carbocycles. The van der Waals surface area contributed by atoms with Crippen LogP contribution in [0.5, 0.6) is 0 Å². The third-order valence-electron chi connectivity index (χ3n) is 3.44. The van der Waals surface area contributed by atoms with E-state index >= 15 is 0 Å². The summed E-state index contributed by atoms with van der Waals surface area (Å²) in [5, 5.41) is 3.33. The molecule has 2 unspecified atom stereocenters. The van der Waals surface area contributed by atoms with Gasteiger partial charge >= 0.3 is 0 Å².